The molecule has 1 heterocycles. The lowest BCUT2D eigenvalue weighted by atomic mass is 10.1. The summed E-state index contributed by atoms with van der Waals surface area (Å²) in [5.41, 5.74) is 2.63. The van der Waals surface area contributed by atoms with Gasteiger partial charge in [-0.1, -0.05) is 20.1 Å². The fourth-order valence-electron chi connectivity index (χ4n) is 2.96. The van der Waals surface area contributed by atoms with Gasteiger partial charge in [0.05, 0.1) is 30.8 Å². The van der Waals surface area contributed by atoms with Crippen LogP contribution in [-0.2, 0) is 11.3 Å². The molecule has 0 saturated carbocycles. The van der Waals surface area contributed by atoms with Gasteiger partial charge >= 0.3 is 5.97 Å². The van der Waals surface area contributed by atoms with E-state index in [1.807, 2.05) is 26.0 Å². The van der Waals surface area contributed by atoms with Crippen molar-refractivity contribution in [2.24, 2.45) is 0 Å². The number of aromatic amines is 1. The lowest BCUT2D eigenvalue weighted by Crippen LogP contribution is -3.10. The van der Waals surface area contributed by atoms with Crippen LogP contribution in [0.5, 0.6) is 0 Å². The van der Waals surface area contributed by atoms with E-state index < -0.39 is 5.97 Å². The number of carbonyl (C=O) groups is 1. The van der Waals surface area contributed by atoms with Crippen LogP contribution < -0.4 is 10.3 Å². The first-order chi connectivity index (χ1) is 12.5. The molecule has 138 valence electrons. The molecule has 0 spiro atoms. The van der Waals surface area contributed by atoms with Crippen molar-refractivity contribution in [3.05, 3.63) is 70.6 Å². The number of rotatable bonds is 9. The summed E-state index contributed by atoms with van der Waals surface area (Å²) >= 11 is 0. The molecule has 0 aliphatic heterocycles. The van der Waals surface area contributed by atoms with Crippen LogP contribution in [0.15, 0.2) is 48.3 Å². The number of quaternary nitrogens is 1. The molecule has 5 nitrogen and oxygen atoms in total. The minimum Gasteiger partial charge on any atom is -0.462 e. The maximum atomic E-state index is 13.0. The molecule has 26 heavy (non-hydrogen) atoms. The van der Waals surface area contributed by atoms with Gasteiger partial charge in [0.1, 0.15) is 6.54 Å². The Morgan fingerprint density at radius 2 is 1.96 bits per heavy atom. The van der Waals surface area contributed by atoms with Crippen LogP contribution in [0.1, 0.15) is 35.0 Å². The first-order valence-electron chi connectivity index (χ1n) is 8.89. The molecule has 2 aromatic rings. The number of aromatic nitrogens is 1. The van der Waals surface area contributed by atoms with Crippen molar-refractivity contribution in [3.63, 3.8) is 0 Å². The Hall–Kier alpha value is -2.66. The van der Waals surface area contributed by atoms with Crippen molar-refractivity contribution in [3.8, 4) is 0 Å². The predicted molar refractivity (Wildman–Crippen MR) is 105 cm³/mol. The summed E-state index contributed by atoms with van der Waals surface area (Å²) in [6.07, 6.45) is 4.44. The van der Waals surface area contributed by atoms with Crippen LogP contribution in [0.4, 0.5) is 0 Å². The number of fused-ring (bicyclic) bond motifs is 1. The zero-order chi connectivity index (χ0) is 19.1. The molecule has 0 aliphatic carbocycles. The highest BCUT2D eigenvalue weighted by molar-refractivity contribution is 5.94. The van der Waals surface area contributed by atoms with Crippen molar-refractivity contribution in [2.75, 3.05) is 19.7 Å². The van der Waals surface area contributed by atoms with E-state index in [0.717, 1.165) is 36.3 Å². The van der Waals surface area contributed by atoms with Crippen LogP contribution in [0.25, 0.3) is 10.9 Å². The van der Waals surface area contributed by atoms with Gasteiger partial charge in [-0.3, -0.25) is 4.79 Å². The Balaban J connectivity index is 2.45. The number of esters is 1. The van der Waals surface area contributed by atoms with E-state index in [9.17, 15) is 9.59 Å². The van der Waals surface area contributed by atoms with Crippen molar-refractivity contribution < 1.29 is 14.4 Å². The third-order valence-electron chi connectivity index (χ3n) is 4.28. The first kappa shape index (κ1) is 19.7. The van der Waals surface area contributed by atoms with E-state index in [4.69, 9.17) is 4.74 Å². The number of carbonyl (C=O) groups excluding carboxylic acids is 1. The smallest absolute Gasteiger partial charge is 0.338 e. The second kappa shape index (κ2) is 9.15. The Bertz CT molecular complexity index is 857. The maximum Gasteiger partial charge on any atom is 0.338 e. The fraction of sp³-hybridized carbons (Fsp3) is 0.333. The second-order valence-electron chi connectivity index (χ2n) is 6.37. The zero-order valence-electron chi connectivity index (χ0n) is 15.6. The monoisotopic (exact) mass is 355 g/mol. The number of aryl methyl sites for hydroxylation is 1. The molecule has 0 atom stereocenters. The van der Waals surface area contributed by atoms with Gasteiger partial charge in [-0.05, 0) is 43.7 Å². The second-order valence-corrected chi connectivity index (χ2v) is 6.37. The van der Waals surface area contributed by atoms with Gasteiger partial charge in [-0.15, -0.1) is 0 Å². The van der Waals surface area contributed by atoms with Crippen molar-refractivity contribution >= 4 is 16.9 Å². The van der Waals surface area contributed by atoms with Gasteiger partial charge in [0.2, 0.25) is 0 Å². The van der Waals surface area contributed by atoms with Gasteiger partial charge in [0, 0.05) is 16.6 Å². The van der Waals surface area contributed by atoms with Gasteiger partial charge in [-0.2, -0.15) is 0 Å². The number of hydrogen-bond acceptors (Lipinski definition) is 3. The molecule has 0 unspecified atom stereocenters. The highest BCUT2D eigenvalue weighted by Crippen LogP contribution is 2.14. The molecule has 0 fully saturated rings. The topological polar surface area (TPSA) is 63.6 Å². The van der Waals surface area contributed by atoms with Crippen molar-refractivity contribution in [1.29, 1.82) is 0 Å². The lowest BCUT2D eigenvalue weighted by molar-refractivity contribution is -0.902. The summed E-state index contributed by atoms with van der Waals surface area (Å²) < 4.78 is 5.17. The van der Waals surface area contributed by atoms with E-state index in [2.05, 4.69) is 18.1 Å². The van der Waals surface area contributed by atoms with E-state index >= 15 is 0 Å². The number of nitrogens with one attached hydrogen (secondary N) is 2. The quantitative estimate of drug-likeness (QED) is 0.535. The average Bonchev–Trinajstić information content (AvgIpc) is 2.63. The Kier molecular flexibility index (Phi) is 6.92. The van der Waals surface area contributed by atoms with Crippen LogP contribution in [0, 0.1) is 6.92 Å². The Labute approximate surface area is 154 Å². The minimum atomic E-state index is -0.402. The fourth-order valence-corrected chi connectivity index (χ4v) is 2.96. The van der Waals surface area contributed by atoms with E-state index in [0.29, 0.717) is 24.1 Å². The molecule has 0 radical (unpaired) electrons. The van der Waals surface area contributed by atoms with Gasteiger partial charge in [-0.25, -0.2) is 4.79 Å². The Morgan fingerprint density at radius 3 is 2.58 bits per heavy atom. The molecule has 2 rings (SSSR count). The highest BCUT2D eigenvalue weighted by Gasteiger charge is 2.16. The molecule has 0 bridgehead atoms. The summed E-state index contributed by atoms with van der Waals surface area (Å²) in [5.74, 6) is -0.402. The molecule has 0 aliphatic rings. The largest absolute Gasteiger partial charge is 0.462 e. The Morgan fingerprint density at radius 1 is 1.27 bits per heavy atom. The average molecular weight is 355 g/mol. The zero-order valence-corrected chi connectivity index (χ0v) is 15.6. The van der Waals surface area contributed by atoms with Gasteiger partial charge < -0.3 is 14.6 Å². The van der Waals surface area contributed by atoms with Crippen LogP contribution >= 0.6 is 0 Å². The van der Waals surface area contributed by atoms with Crippen LogP contribution in [0.3, 0.4) is 0 Å². The number of H-pyrrole nitrogens is 1. The number of hydrogen-bond donors (Lipinski definition) is 2. The maximum absolute atomic E-state index is 13.0. The van der Waals surface area contributed by atoms with E-state index in [-0.39, 0.29) is 5.43 Å². The molecule has 2 N–H and O–H groups in total. The summed E-state index contributed by atoms with van der Waals surface area (Å²) in [5, 5.41) is 0.508. The van der Waals surface area contributed by atoms with Gasteiger partial charge in [0.15, 0.2) is 5.43 Å². The van der Waals surface area contributed by atoms with Gasteiger partial charge in [0.25, 0.3) is 0 Å². The lowest BCUT2D eigenvalue weighted by Gasteiger charge is -2.17. The summed E-state index contributed by atoms with van der Waals surface area (Å²) in [6, 6.07) is 5.06. The number of benzene rings is 1. The molecular formula is C21H27N2O3+. The standard InChI is InChI=1S/C21H26N2O3/c1-5-10-23(11-6-2)14-18-15(4)22-19-9-8-16(13-17(19)20(18)24)21(25)26-12-7-3/h5-6,8-9,13H,1-2,7,10-12,14H2,3-4H3,(H,22,24)/p+1. The van der Waals surface area contributed by atoms with Crippen LogP contribution in [0.2, 0.25) is 0 Å². The highest BCUT2D eigenvalue weighted by atomic mass is 16.5. The third kappa shape index (κ3) is 4.49. The molecular weight excluding hydrogens is 328 g/mol. The summed E-state index contributed by atoms with van der Waals surface area (Å²) in [4.78, 5) is 29.6. The molecule has 0 amide bonds. The number of pyridine rings is 1. The summed E-state index contributed by atoms with van der Waals surface area (Å²) in [7, 11) is 0. The molecule has 1 aromatic heterocycles. The third-order valence-corrected chi connectivity index (χ3v) is 4.28. The van der Waals surface area contributed by atoms with E-state index in [1.165, 1.54) is 4.90 Å². The van der Waals surface area contributed by atoms with Crippen LogP contribution in [-0.4, -0.2) is 30.6 Å². The summed E-state index contributed by atoms with van der Waals surface area (Å²) in [6.45, 7) is 13.8. The SMILES string of the molecule is C=CC[NH+](CC=C)Cc1c(C)[nH]c2ccc(C(=O)OCCC)cc2c1=O. The normalized spacial score (nSPS) is 10.9. The van der Waals surface area contributed by atoms with E-state index in [1.54, 1.807) is 18.2 Å². The predicted octanol–water partition coefficient (Wildman–Crippen LogP) is 2.16. The van der Waals surface area contributed by atoms with Crippen molar-refractivity contribution in [1.82, 2.24) is 4.98 Å². The molecule has 0 saturated heterocycles. The molecule has 1 aromatic carbocycles. The minimum absolute atomic E-state index is 0.0491. The number of ether oxygens (including phenoxy) is 1. The first-order valence-corrected chi connectivity index (χ1v) is 8.89. The molecule has 5 heteroatoms. The van der Waals surface area contributed by atoms with Crippen molar-refractivity contribution in [2.45, 2.75) is 26.8 Å².